The lowest BCUT2D eigenvalue weighted by Gasteiger charge is -2.48. The van der Waals surface area contributed by atoms with Gasteiger partial charge in [0.2, 0.25) is 29.6 Å². The summed E-state index contributed by atoms with van der Waals surface area (Å²) in [5, 5.41) is 3.86. The molecular weight excluding hydrogens is 518 g/mol. The first-order valence-corrected chi connectivity index (χ1v) is 16.6. The van der Waals surface area contributed by atoms with Crippen molar-refractivity contribution < 1.29 is 28.5 Å². The maximum atomic E-state index is 13.1. The summed E-state index contributed by atoms with van der Waals surface area (Å²) in [6.07, 6.45) is 1.00. The number of rotatable bonds is 9. The molecule has 2 aromatic rings. The fourth-order valence-electron chi connectivity index (χ4n) is 4.62. The summed E-state index contributed by atoms with van der Waals surface area (Å²) in [6.45, 7) is 12.5. The van der Waals surface area contributed by atoms with Crippen LogP contribution in [0.4, 0.5) is 11.6 Å². The summed E-state index contributed by atoms with van der Waals surface area (Å²) in [6, 6.07) is 6.55. The second-order valence-electron chi connectivity index (χ2n) is 11.1. The molecule has 2 fully saturated rings. The second-order valence-corrected chi connectivity index (χ2v) is 16.1. The summed E-state index contributed by atoms with van der Waals surface area (Å²) >= 11 is 0. The zero-order chi connectivity index (χ0) is 27.9. The van der Waals surface area contributed by atoms with E-state index in [1.54, 1.807) is 0 Å². The monoisotopic (exact) mass is 553 g/mol. The molecule has 1 amide bonds. The molecule has 1 atom stereocenters. The van der Waals surface area contributed by atoms with E-state index in [-0.39, 0.29) is 23.4 Å². The van der Waals surface area contributed by atoms with Crippen LogP contribution >= 0.6 is 0 Å². The van der Waals surface area contributed by atoms with Crippen molar-refractivity contribution in [1.82, 2.24) is 14.9 Å². The Bertz CT molecular complexity index is 1290. The Balaban J connectivity index is 1.27. The van der Waals surface area contributed by atoms with Gasteiger partial charge in [0, 0.05) is 19.1 Å². The number of nitrogens with one attached hydrogen (secondary N) is 1. The lowest BCUT2D eigenvalue weighted by Crippen LogP contribution is -2.63. The van der Waals surface area contributed by atoms with Gasteiger partial charge in [-0.05, 0) is 38.1 Å². The van der Waals surface area contributed by atoms with E-state index in [4.69, 9.17) is 18.9 Å². The van der Waals surface area contributed by atoms with Crippen LogP contribution in [0.15, 0.2) is 30.2 Å². The smallest absolute Gasteiger partial charge is 0.289 e. The highest BCUT2D eigenvalue weighted by atomic mass is 28.3. The van der Waals surface area contributed by atoms with E-state index in [1.165, 1.54) is 31.9 Å². The number of aryl methyl sites for hydroxylation is 1. The zero-order valence-corrected chi connectivity index (χ0v) is 24.2. The Morgan fingerprint density at radius 2 is 1.77 bits per heavy atom. The van der Waals surface area contributed by atoms with Crippen LogP contribution in [-0.4, -0.2) is 87.2 Å². The van der Waals surface area contributed by atoms with Crippen molar-refractivity contribution in [2.45, 2.75) is 45.1 Å². The Morgan fingerprint density at radius 3 is 2.33 bits per heavy atom. The lowest BCUT2D eigenvalue weighted by atomic mass is 10.0. The van der Waals surface area contributed by atoms with Gasteiger partial charge in [-0.1, -0.05) is 37.0 Å². The summed E-state index contributed by atoms with van der Waals surface area (Å²) in [7, 11) is 1.31. The summed E-state index contributed by atoms with van der Waals surface area (Å²) in [5.74, 6) is 0.0324. The maximum Gasteiger partial charge on any atom is 0.289 e. The number of benzene rings is 1. The first-order chi connectivity index (χ1) is 18.6. The van der Waals surface area contributed by atoms with E-state index in [2.05, 4.69) is 45.9 Å². The van der Waals surface area contributed by atoms with Gasteiger partial charge in [-0.3, -0.25) is 14.5 Å². The highest BCUT2D eigenvalue weighted by Gasteiger charge is 2.38. The van der Waals surface area contributed by atoms with Crippen molar-refractivity contribution >= 4 is 36.6 Å². The third kappa shape index (κ3) is 5.43. The highest BCUT2D eigenvalue weighted by Crippen LogP contribution is 2.36. The number of aromatic nitrogens is 2. The van der Waals surface area contributed by atoms with E-state index < -0.39 is 25.9 Å². The molecule has 5 rings (SSSR count). The molecule has 2 saturated heterocycles. The number of carbonyl (C=O) groups excluding carboxylic acids is 2. The molecule has 1 aromatic heterocycles. The van der Waals surface area contributed by atoms with Gasteiger partial charge in [0.1, 0.15) is 5.75 Å². The number of hydrogen-bond acceptors (Lipinski definition) is 10. The minimum atomic E-state index is -1.58. The van der Waals surface area contributed by atoms with Crippen LogP contribution in [0.5, 0.6) is 17.5 Å². The first-order valence-electron chi connectivity index (χ1n) is 13.1. The van der Waals surface area contributed by atoms with Crippen LogP contribution in [0, 0.1) is 6.92 Å². The van der Waals surface area contributed by atoms with Crippen LogP contribution < -0.4 is 29.6 Å². The van der Waals surface area contributed by atoms with Gasteiger partial charge in [-0.15, -0.1) is 0 Å². The molecular formula is C27H35N5O6Si. The average molecular weight is 554 g/mol. The minimum absolute atomic E-state index is 0.0314. The van der Waals surface area contributed by atoms with Crippen molar-refractivity contribution in [1.29, 1.82) is 0 Å². The Kier molecular flexibility index (Phi) is 7.25. The molecule has 39 heavy (non-hydrogen) atoms. The predicted molar refractivity (Wildman–Crippen MR) is 149 cm³/mol. The van der Waals surface area contributed by atoms with Crippen LogP contribution in [0.2, 0.25) is 19.6 Å². The topological polar surface area (TPSA) is 115 Å². The molecule has 1 N–H and O–H groups in total. The molecule has 0 spiro atoms. The first kappa shape index (κ1) is 26.9. The molecule has 4 heterocycles. The van der Waals surface area contributed by atoms with Gasteiger partial charge in [0.25, 0.3) is 11.9 Å². The molecule has 11 nitrogen and oxygen atoms in total. The van der Waals surface area contributed by atoms with Crippen LogP contribution in [0.3, 0.4) is 0 Å². The van der Waals surface area contributed by atoms with Crippen molar-refractivity contribution in [2.24, 2.45) is 0 Å². The molecule has 12 heteroatoms. The summed E-state index contributed by atoms with van der Waals surface area (Å²) in [4.78, 5) is 39.3. The average Bonchev–Trinajstić information content (AvgIpc) is 3.20. The number of ketones is 1. The van der Waals surface area contributed by atoms with Crippen molar-refractivity contribution in [3.63, 3.8) is 0 Å². The lowest BCUT2D eigenvalue weighted by molar-refractivity contribution is -0.134. The molecule has 208 valence electrons. The Morgan fingerprint density at radius 1 is 1.10 bits per heavy atom. The molecule has 3 aliphatic heterocycles. The van der Waals surface area contributed by atoms with Crippen LogP contribution in [0.25, 0.3) is 0 Å². The fourth-order valence-corrected chi connectivity index (χ4v) is 5.77. The third-order valence-corrected chi connectivity index (χ3v) is 9.32. The van der Waals surface area contributed by atoms with Gasteiger partial charge < -0.3 is 29.2 Å². The zero-order valence-electron chi connectivity index (χ0n) is 23.2. The van der Waals surface area contributed by atoms with Gasteiger partial charge in [-0.25, -0.2) is 0 Å². The number of amides is 1. The van der Waals surface area contributed by atoms with Crippen molar-refractivity contribution in [3.8, 4) is 17.5 Å². The second kappa shape index (κ2) is 10.5. The Hall–Kier alpha value is -3.64. The van der Waals surface area contributed by atoms with Crippen molar-refractivity contribution in [2.75, 3.05) is 50.6 Å². The van der Waals surface area contributed by atoms with Gasteiger partial charge in [0.05, 0.1) is 28.4 Å². The van der Waals surface area contributed by atoms with E-state index >= 15 is 0 Å². The van der Waals surface area contributed by atoms with E-state index in [0.29, 0.717) is 17.7 Å². The normalized spacial score (nSPS) is 19.5. The van der Waals surface area contributed by atoms with E-state index in [0.717, 1.165) is 31.7 Å². The molecule has 1 unspecified atom stereocenters. The molecule has 0 bridgehead atoms. The standard InChI is InChI=1S/C27H35N5O6Si/c1-16-8-9-18(39(4,5)6)12-20(16)37-21-13-19(33)23(38-21)24(34)28-22-25(35-2)29-27(30-26(22)36-3)32-14-17(15-32)31-10-7-11-31/h8-9,12-13,17,23H,7,10-11,14-15H2,1-6H3,(H,28,34). The van der Waals surface area contributed by atoms with Crippen molar-refractivity contribution in [3.05, 3.63) is 35.8 Å². The third-order valence-electron chi connectivity index (χ3n) is 7.27. The van der Waals surface area contributed by atoms with Crippen LogP contribution in [-0.2, 0) is 14.3 Å². The highest BCUT2D eigenvalue weighted by molar-refractivity contribution is 6.88. The quantitative estimate of drug-likeness (QED) is 0.366. The predicted octanol–water partition coefficient (Wildman–Crippen LogP) is 2.07. The minimum Gasteiger partial charge on any atom is -0.479 e. The number of anilines is 2. The van der Waals surface area contributed by atoms with E-state index in [1.807, 2.05) is 24.0 Å². The molecule has 3 aliphatic rings. The largest absolute Gasteiger partial charge is 0.479 e. The van der Waals surface area contributed by atoms with Gasteiger partial charge >= 0.3 is 0 Å². The van der Waals surface area contributed by atoms with E-state index in [9.17, 15) is 9.59 Å². The number of nitrogens with zero attached hydrogens (tertiary/aromatic N) is 4. The number of likely N-dealkylation sites (tertiary alicyclic amines) is 1. The molecule has 0 radical (unpaired) electrons. The fraction of sp³-hybridized carbons (Fsp3) is 0.481. The molecule has 0 aliphatic carbocycles. The number of ether oxygens (including phenoxy) is 4. The number of hydrogen-bond donors (Lipinski definition) is 1. The maximum absolute atomic E-state index is 13.1. The Labute approximate surface area is 229 Å². The number of carbonyl (C=O) groups is 2. The summed E-state index contributed by atoms with van der Waals surface area (Å²) in [5.41, 5.74) is 1.02. The number of methoxy groups -OCH3 is 2. The van der Waals surface area contributed by atoms with Gasteiger partial charge in [-0.2, -0.15) is 9.97 Å². The SMILES string of the molecule is COc1nc(N2CC(N3CCC3)C2)nc(OC)c1NC(=O)C1OC(Oc2cc([Si](C)(C)C)ccc2C)=CC1=O. The summed E-state index contributed by atoms with van der Waals surface area (Å²) < 4.78 is 22.4. The van der Waals surface area contributed by atoms with Crippen LogP contribution in [0.1, 0.15) is 12.0 Å². The molecule has 1 aromatic carbocycles. The molecule has 0 saturated carbocycles. The van der Waals surface area contributed by atoms with Gasteiger partial charge in [0.15, 0.2) is 5.69 Å².